The molecule has 0 aromatic heterocycles. The molecule has 0 bridgehead atoms. The van der Waals surface area contributed by atoms with Gasteiger partial charge in [0.2, 0.25) is 11.8 Å². The molecule has 2 fully saturated rings. The summed E-state index contributed by atoms with van der Waals surface area (Å²) in [5, 5.41) is 5.86. The van der Waals surface area contributed by atoms with Crippen molar-refractivity contribution in [3.8, 4) is 0 Å². The lowest BCUT2D eigenvalue weighted by Gasteiger charge is -2.38. The molecule has 2 aromatic carbocycles. The molecular formula is C25H30N4O3. The fourth-order valence-electron chi connectivity index (χ4n) is 4.50. The van der Waals surface area contributed by atoms with Crippen molar-refractivity contribution in [3.05, 3.63) is 60.7 Å². The maximum absolute atomic E-state index is 13.2. The molecule has 2 saturated heterocycles. The van der Waals surface area contributed by atoms with Gasteiger partial charge in [0.1, 0.15) is 0 Å². The highest BCUT2D eigenvalue weighted by molar-refractivity contribution is 5.93. The summed E-state index contributed by atoms with van der Waals surface area (Å²) in [7, 11) is 0. The van der Waals surface area contributed by atoms with Crippen molar-refractivity contribution >= 4 is 29.2 Å². The van der Waals surface area contributed by atoms with Crippen molar-refractivity contribution in [1.82, 2.24) is 9.80 Å². The van der Waals surface area contributed by atoms with Gasteiger partial charge in [-0.3, -0.25) is 9.59 Å². The first-order valence-corrected chi connectivity index (χ1v) is 11.4. The van der Waals surface area contributed by atoms with Crippen molar-refractivity contribution in [3.63, 3.8) is 0 Å². The van der Waals surface area contributed by atoms with E-state index in [0.29, 0.717) is 26.2 Å². The van der Waals surface area contributed by atoms with Gasteiger partial charge in [-0.15, -0.1) is 0 Å². The molecule has 168 valence electrons. The van der Waals surface area contributed by atoms with Crippen LogP contribution in [0.1, 0.15) is 25.7 Å². The molecule has 4 rings (SSSR count). The van der Waals surface area contributed by atoms with Crippen LogP contribution >= 0.6 is 0 Å². The van der Waals surface area contributed by atoms with E-state index in [1.807, 2.05) is 65.6 Å². The first kappa shape index (κ1) is 21.9. The van der Waals surface area contributed by atoms with Crippen molar-refractivity contribution < 1.29 is 14.4 Å². The van der Waals surface area contributed by atoms with Gasteiger partial charge in [0.05, 0.1) is 11.8 Å². The molecule has 7 nitrogen and oxygen atoms in total. The number of nitrogens with zero attached hydrogens (tertiary/aromatic N) is 2. The maximum atomic E-state index is 13.2. The SMILES string of the molecule is O=C(Nc1ccccc1)C1CCCN(C(=O)C2CCCN(C(=O)Nc3ccccc3)C2)C1. The molecule has 2 N–H and O–H groups in total. The van der Waals surface area contributed by atoms with Crippen molar-refractivity contribution in [2.24, 2.45) is 11.8 Å². The smallest absolute Gasteiger partial charge is 0.321 e. The molecule has 2 aromatic rings. The number of rotatable bonds is 4. The van der Waals surface area contributed by atoms with Crippen LogP contribution in [0.15, 0.2) is 60.7 Å². The highest BCUT2D eigenvalue weighted by Gasteiger charge is 2.35. The first-order valence-electron chi connectivity index (χ1n) is 11.4. The van der Waals surface area contributed by atoms with E-state index in [2.05, 4.69) is 10.6 Å². The zero-order valence-electron chi connectivity index (χ0n) is 18.2. The number of hydrogen-bond acceptors (Lipinski definition) is 3. The summed E-state index contributed by atoms with van der Waals surface area (Å²) >= 11 is 0. The third-order valence-electron chi connectivity index (χ3n) is 6.23. The number of anilines is 2. The minimum absolute atomic E-state index is 0.0405. The third-order valence-corrected chi connectivity index (χ3v) is 6.23. The number of carbonyl (C=O) groups excluding carboxylic acids is 3. The summed E-state index contributed by atoms with van der Waals surface area (Å²) in [4.78, 5) is 42.2. The molecule has 2 unspecified atom stereocenters. The second kappa shape index (κ2) is 10.3. The molecule has 0 aliphatic carbocycles. The Morgan fingerprint density at radius 3 is 1.88 bits per heavy atom. The van der Waals surface area contributed by atoms with Gasteiger partial charge < -0.3 is 20.4 Å². The van der Waals surface area contributed by atoms with Gasteiger partial charge in [0.15, 0.2) is 0 Å². The lowest BCUT2D eigenvalue weighted by molar-refractivity contribution is -0.139. The van der Waals surface area contributed by atoms with E-state index < -0.39 is 0 Å². The van der Waals surface area contributed by atoms with Gasteiger partial charge >= 0.3 is 6.03 Å². The fourth-order valence-corrected chi connectivity index (χ4v) is 4.50. The summed E-state index contributed by atoms with van der Waals surface area (Å²) in [5.74, 6) is -0.421. The first-order chi connectivity index (χ1) is 15.6. The Morgan fingerprint density at radius 2 is 1.22 bits per heavy atom. The van der Waals surface area contributed by atoms with Crippen LogP contribution in [0.3, 0.4) is 0 Å². The Bertz CT molecular complexity index is 859. The average Bonchev–Trinajstić information content (AvgIpc) is 2.85. The highest BCUT2D eigenvalue weighted by Crippen LogP contribution is 2.24. The van der Waals surface area contributed by atoms with Gasteiger partial charge in [-0.25, -0.2) is 4.79 Å². The summed E-state index contributed by atoms with van der Waals surface area (Å²) in [6.07, 6.45) is 3.15. The predicted octanol–water partition coefficient (Wildman–Crippen LogP) is 3.81. The van der Waals surface area contributed by atoms with Crippen LogP contribution in [0.4, 0.5) is 16.2 Å². The zero-order chi connectivity index (χ0) is 22.3. The molecular weight excluding hydrogens is 404 g/mol. The summed E-state index contributed by atoms with van der Waals surface area (Å²) in [6.45, 7) is 2.16. The molecule has 0 spiro atoms. The zero-order valence-corrected chi connectivity index (χ0v) is 18.2. The molecule has 0 saturated carbocycles. The molecule has 4 amide bonds. The van der Waals surface area contributed by atoms with Crippen LogP contribution in [0.2, 0.25) is 0 Å². The van der Waals surface area contributed by atoms with Gasteiger partial charge in [-0.2, -0.15) is 0 Å². The lowest BCUT2D eigenvalue weighted by Crippen LogP contribution is -2.51. The number of hydrogen-bond donors (Lipinski definition) is 2. The average molecular weight is 435 g/mol. The van der Waals surface area contributed by atoms with E-state index in [9.17, 15) is 14.4 Å². The third kappa shape index (κ3) is 5.46. The number of likely N-dealkylation sites (tertiary alicyclic amines) is 2. The predicted molar refractivity (Wildman–Crippen MR) is 124 cm³/mol. The number of carbonyl (C=O) groups is 3. The van der Waals surface area contributed by atoms with Crippen LogP contribution in [0.5, 0.6) is 0 Å². The highest BCUT2D eigenvalue weighted by atomic mass is 16.2. The number of amides is 4. The maximum Gasteiger partial charge on any atom is 0.321 e. The number of para-hydroxylation sites is 2. The Kier molecular flexibility index (Phi) is 7.04. The van der Waals surface area contributed by atoms with Crippen molar-refractivity contribution in [1.29, 1.82) is 0 Å². The number of benzene rings is 2. The topological polar surface area (TPSA) is 81.8 Å². The Hall–Kier alpha value is -3.35. The molecule has 2 atom stereocenters. The van der Waals surface area contributed by atoms with Crippen LogP contribution < -0.4 is 10.6 Å². The minimum Gasteiger partial charge on any atom is -0.342 e. The Balaban J connectivity index is 1.32. The second-order valence-electron chi connectivity index (χ2n) is 8.56. The summed E-state index contributed by atoms with van der Waals surface area (Å²) < 4.78 is 0. The van der Waals surface area contributed by atoms with Gasteiger partial charge in [0.25, 0.3) is 0 Å². The molecule has 32 heavy (non-hydrogen) atoms. The summed E-state index contributed by atoms with van der Waals surface area (Å²) in [5.41, 5.74) is 1.52. The lowest BCUT2D eigenvalue weighted by atomic mass is 9.92. The van der Waals surface area contributed by atoms with E-state index >= 15 is 0 Å². The van der Waals surface area contributed by atoms with Gasteiger partial charge in [0, 0.05) is 37.6 Å². The van der Waals surface area contributed by atoms with Crippen LogP contribution in [0.25, 0.3) is 0 Å². The molecule has 7 heteroatoms. The quantitative estimate of drug-likeness (QED) is 0.768. The Morgan fingerprint density at radius 1 is 0.688 bits per heavy atom. The fraction of sp³-hybridized carbons (Fsp3) is 0.400. The van der Waals surface area contributed by atoms with Gasteiger partial charge in [-0.05, 0) is 49.9 Å². The number of nitrogens with one attached hydrogen (secondary N) is 2. The normalized spacial score (nSPS) is 21.0. The summed E-state index contributed by atoms with van der Waals surface area (Å²) in [6, 6.07) is 18.6. The monoisotopic (exact) mass is 434 g/mol. The standard InChI is InChI=1S/C25H30N4O3/c30-23(26-21-11-3-1-4-12-21)19-9-7-15-28(17-19)24(31)20-10-8-16-29(18-20)25(32)27-22-13-5-2-6-14-22/h1-6,11-14,19-20H,7-10,15-18H2,(H,26,30)(H,27,32). The Labute approximate surface area is 188 Å². The van der Waals surface area contributed by atoms with E-state index in [0.717, 1.165) is 37.1 Å². The molecule has 2 heterocycles. The molecule has 2 aliphatic rings. The van der Waals surface area contributed by atoms with Crippen LogP contribution in [0, 0.1) is 11.8 Å². The van der Waals surface area contributed by atoms with E-state index in [-0.39, 0.29) is 29.7 Å². The van der Waals surface area contributed by atoms with Gasteiger partial charge in [-0.1, -0.05) is 36.4 Å². The van der Waals surface area contributed by atoms with Crippen LogP contribution in [-0.2, 0) is 9.59 Å². The second-order valence-corrected chi connectivity index (χ2v) is 8.56. The minimum atomic E-state index is -0.221. The van der Waals surface area contributed by atoms with E-state index in [1.165, 1.54) is 0 Å². The largest absolute Gasteiger partial charge is 0.342 e. The van der Waals surface area contributed by atoms with E-state index in [4.69, 9.17) is 0 Å². The molecule has 0 radical (unpaired) electrons. The van der Waals surface area contributed by atoms with Crippen LogP contribution in [-0.4, -0.2) is 53.8 Å². The van der Waals surface area contributed by atoms with Crippen molar-refractivity contribution in [2.45, 2.75) is 25.7 Å². The van der Waals surface area contributed by atoms with E-state index in [1.54, 1.807) is 4.90 Å². The number of piperidine rings is 2. The number of urea groups is 1. The van der Waals surface area contributed by atoms with Crippen molar-refractivity contribution in [2.75, 3.05) is 36.8 Å². The molecule has 2 aliphatic heterocycles.